The number of aryl methyl sites for hydroxylation is 1. The number of ether oxygens (including phenoxy) is 1. The van der Waals surface area contributed by atoms with Crippen molar-refractivity contribution in [1.82, 2.24) is 24.0 Å². The number of benzene rings is 3. The molecule has 4 heterocycles. The highest BCUT2D eigenvalue weighted by Gasteiger charge is 2.47. The number of nitrogens with one attached hydrogen (secondary N) is 1. The van der Waals surface area contributed by atoms with E-state index in [9.17, 15) is 14.7 Å². The number of hydrogen-bond acceptors (Lipinski definition) is 6. The SMILES string of the molecule is COc1cc(C(=O)N2C[C@H]3CC[C@@H]2[C@@H]3N)cc2nc(-c3cc4ccc(-c5ccc6[nH]c(=O)c(C)c(O)c6c5)cc4n3CC3CC3)n(C)c12. The third-order valence-corrected chi connectivity index (χ3v) is 11.1. The van der Waals surface area contributed by atoms with Crippen LogP contribution in [0.15, 0.2) is 59.4 Å². The van der Waals surface area contributed by atoms with Crippen LogP contribution in [0.3, 0.4) is 0 Å². The maximum Gasteiger partial charge on any atom is 0.255 e. The third kappa shape index (κ3) is 4.31. The van der Waals surface area contributed by atoms with Gasteiger partial charge in [0.25, 0.3) is 11.5 Å². The lowest BCUT2D eigenvalue weighted by atomic mass is 10.0. The molecule has 10 nitrogen and oxygen atoms in total. The van der Waals surface area contributed by atoms with E-state index in [-0.39, 0.29) is 29.3 Å². The lowest BCUT2D eigenvalue weighted by molar-refractivity contribution is 0.0700. The van der Waals surface area contributed by atoms with Gasteiger partial charge in [-0.3, -0.25) is 9.59 Å². The normalized spacial score (nSPS) is 20.5. The van der Waals surface area contributed by atoms with E-state index < -0.39 is 0 Å². The zero-order valence-corrected chi connectivity index (χ0v) is 27.3. The number of piperidine rings is 1. The standard InChI is InChI=1S/C38H38N6O4/c1-19-35(45)26-12-21(8-10-27(26)41-37(19)46)22-6-7-23-15-31(43(30(23)14-22)17-20-4-5-20)36-40-28-13-25(16-32(48-3)34(28)42(36)2)38(47)44-18-24-9-11-29(44)33(24)39/h6-8,10,12-16,20,24,29,33H,4-5,9,11,17-18,39H2,1-3H3,(H2,41,45,46)/t24-,29-,33-/m1/s1. The van der Waals surface area contributed by atoms with Gasteiger partial charge >= 0.3 is 0 Å². The molecule has 2 aliphatic carbocycles. The number of hydrogen-bond donors (Lipinski definition) is 3. The molecule has 3 aromatic carbocycles. The van der Waals surface area contributed by atoms with Crippen LogP contribution in [0.1, 0.15) is 41.6 Å². The van der Waals surface area contributed by atoms with Gasteiger partial charge in [0.05, 0.1) is 29.4 Å². The quantitative estimate of drug-likeness (QED) is 0.214. The van der Waals surface area contributed by atoms with Gasteiger partial charge in [0, 0.05) is 54.1 Å². The Balaban J connectivity index is 1.15. The Labute approximate surface area is 276 Å². The first-order valence-corrected chi connectivity index (χ1v) is 16.8. The largest absolute Gasteiger partial charge is 0.507 e. The maximum absolute atomic E-state index is 13.8. The molecule has 1 amide bonds. The average molecular weight is 643 g/mol. The number of aromatic nitrogens is 4. The Kier molecular flexibility index (Phi) is 6.33. The smallest absolute Gasteiger partial charge is 0.255 e. The van der Waals surface area contributed by atoms with Gasteiger partial charge in [-0.05, 0) is 92.0 Å². The summed E-state index contributed by atoms with van der Waals surface area (Å²) in [5.74, 6) is 2.41. The molecule has 0 unspecified atom stereocenters. The van der Waals surface area contributed by atoms with Crippen molar-refractivity contribution in [2.75, 3.05) is 13.7 Å². The zero-order valence-electron chi connectivity index (χ0n) is 27.3. The Morgan fingerprint density at radius 1 is 1.06 bits per heavy atom. The number of likely N-dealkylation sites (tertiary alicyclic amines) is 1. The van der Waals surface area contributed by atoms with E-state index in [1.54, 1.807) is 14.0 Å². The predicted molar refractivity (Wildman–Crippen MR) is 186 cm³/mol. The summed E-state index contributed by atoms with van der Waals surface area (Å²) in [6.45, 7) is 3.21. The minimum Gasteiger partial charge on any atom is -0.507 e. The van der Waals surface area contributed by atoms with Crippen LogP contribution in [0.25, 0.3) is 55.5 Å². The molecule has 3 atom stereocenters. The second kappa shape index (κ2) is 10.5. The molecule has 2 bridgehead atoms. The molecule has 3 aliphatic rings. The van der Waals surface area contributed by atoms with E-state index in [0.717, 1.165) is 64.0 Å². The number of carbonyl (C=O) groups excluding carboxylic acids is 1. The summed E-state index contributed by atoms with van der Waals surface area (Å²) in [7, 11) is 3.64. The molecule has 9 rings (SSSR count). The molecular formula is C38H38N6O4. The molecule has 48 heavy (non-hydrogen) atoms. The predicted octanol–water partition coefficient (Wildman–Crippen LogP) is 5.70. The molecule has 1 aliphatic heterocycles. The number of rotatable bonds is 6. The second-order valence-corrected chi connectivity index (χ2v) is 14.0. The molecule has 3 aromatic heterocycles. The van der Waals surface area contributed by atoms with E-state index >= 15 is 0 Å². The fourth-order valence-electron chi connectivity index (χ4n) is 8.20. The van der Waals surface area contributed by atoms with Crippen molar-refractivity contribution in [2.45, 2.75) is 51.2 Å². The maximum atomic E-state index is 13.8. The minimum atomic E-state index is -0.287. The third-order valence-electron chi connectivity index (χ3n) is 11.1. The molecule has 2 saturated carbocycles. The van der Waals surface area contributed by atoms with E-state index in [1.807, 2.05) is 42.3 Å². The fraction of sp³-hybridized carbons (Fsp3) is 0.342. The lowest BCUT2D eigenvalue weighted by Gasteiger charge is -2.27. The first-order chi connectivity index (χ1) is 23.2. The van der Waals surface area contributed by atoms with Crippen molar-refractivity contribution >= 4 is 38.7 Å². The number of carbonyl (C=O) groups is 1. The van der Waals surface area contributed by atoms with E-state index in [1.165, 1.54) is 12.8 Å². The average Bonchev–Trinajstić information content (AvgIpc) is 3.50. The van der Waals surface area contributed by atoms with Crippen LogP contribution < -0.4 is 16.0 Å². The number of nitrogens with zero attached hydrogens (tertiary/aromatic N) is 4. The van der Waals surface area contributed by atoms with Gasteiger partial charge in [-0.25, -0.2) is 4.98 Å². The van der Waals surface area contributed by atoms with Crippen molar-refractivity contribution in [3.8, 4) is 34.1 Å². The number of pyridine rings is 1. The van der Waals surface area contributed by atoms with E-state index in [4.69, 9.17) is 15.5 Å². The van der Waals surface area contributed by atoms with Crippen molar-refractivity contribution in [2.24, 2.45) is 24.6 Å². The summed E-state index contributed by atoms with van der Waals surface area (Å²) in [4.78, 5) is 35.9. The number of nitrogens with two attached hydrogens (primary N) is 1. The van der Waals surface area contributed by atoms with E-state index in [2.05, 4.69) is 38.4 Å². The highest BCUT2D eigenvalue weighted by molar-refractivity contribution is 6.01. The number of fused-ring (bicyclic) bond motifs is 5. The highest BCUT2D eigenvalue weighted by Crippen LogP contribution is 2.41. The van der Waals surface area contributed by atoms with Crippen LogP contribution in [0, 0.1) is 18.8 Å². The molecule has 0 spiro atoms. The van der Waals surface area contributed by atoms with Gasteiger partial charge in [-0.15, -0.1) is 0 Å². The van der Waals surface area contributed by atoms with Crippen LogP contribution in [0.2, 0.25) is 0 Å². The van der Waals surface area contributed by atoms with Crippen molar-refractivity contribution in [3.05, 3.63) is 76.1 Å². The van der Waals surface area contributed by atoms with Crippen LogP contribution >= 0.6 is 0 Å². The first kappa shape index (κ1) is 29.1. The zero-order chi connectivity index (χ0) is 33.0. The first-order valence-electron chi connectivity index (χ1n) is 16.8. The summed E-state index contributed by atoms with van der Waals surface area (Å²) in [6, 6.07) is 18.3. The van der Waals surface area contributed by atoms with Crippen molar-refractivity contribution in [3.63, 3.8) is 0 Å². The van der Waals surface area contributed by atoms with Crippen molar-refractivity contribution < 1.29 is 14.6 Å². The molecule has 3 fully saturated rings. The Bertz CT molecular complexity index is 2380. The van der Waals surface area contributed by atoms with Crippen LogP contribution in [0.4, 0.5) is 0 Å². The highest BCUT2D eigenvalue weighted by atomic mass is 16.5. The number of imidazole rings is 1. The minimum absolute atomic E-state index is 0.00874. The van der Waals surface area contributed by atoms with Gasteiger partial charge in [0.1, 0.15) is 17.0 Å². The Morgan fingerprint density at radius 3 is 2.58 bits per heavy atom. The number of aromatic amines is 1. The number of methoxy groups -OCH3 is 1. The van der Waals surface area contributed by atoms with Gasteiger partial charge in [-0.1, -0.05) is 18.2 Å². The monoisotopic (exact) mass is 642 g/mol. The second-order valence-electron chi connectivity index (χ2n) is 14.0. The topological polar surface area (TPSA) is 131 Å². The number of H-pyrrole nitrogens is 1. The lowest BCUT2D eigenvalue weighted by Crippen LogP contribution is -2.41. The molecule has 1 saturated heterocycles. The van der Waals surface area contributed by atoms with Gasteiger partial charge in [0.2, 0.25) is 0 Å². The summed E-state index contributed by atoms with van der Waals surface area (Å²) < 4.78 is 10.3. The Morgan fingerprint density at radius 2 is 1.85 bits per heavy atom. The van der Waals surface area contributed by atoms with Crippen LogP contribution in [0.5, 0.6) is 11.5 Å². The molecule has 0 radical (unpaired) electrons. The van der Waals surface area contributed by atoms with Crippen LogP contribution in [-0.4, -0.2) is 60.8 Å². The van der Waals surface area contributed by atoms with Crippen molar-refractivity contribution in [1.29, 1.82) is 0 Å². The summed E-state index contributed by atoms with van der Waals surface area (Å²) in [5, 5.41) is 12.5. The fourth-order valence-corrected chi connectivity index (χ4v) is 8.20. The van der Waals surface area contributed by atoms with Gasteiger partial charge < -0.3 is 34.6 Å². The molecule has 10 heteroatoms. The summed E-state index contributed by atoms with van der Waals surface area (Å²) >= 11 is 0. The number of amides is 1. The van der Waals surface area contributed by atoms with Gasteiger partial charge in [-0.2, -0.15) is 0 Å². The summed E-state index contributed by atoms with van der Waals surface area (Å²) in [6.07, 6.45) is 4.45. The number of aromatic hydroxyl groups is 1. The summed E-state index contributed by atoms with van der Waals surface area (Å²) in [5.41, 5.74) is 13.3. The van der Waals surface area contributed by atoms with Gasteiger partial charge in [0.15, 0.2) is 5.82 Å². The molecule has 244 valence electrons. The van der Waals surface area contributed by atoms with E-state index in [0.29, 0.717) is 46.2 Å². The van der Waals surface area contributed by atoms with Crippen LogP contribution in [-0.2, 0) is 13.6 Å². The molecule has 4 N–H and O–H groups in total. The Hall–Kier alpha value is -5.09. The molecule has 6 aromatic rings. The molecular weight excluding hydrogens is 604 g/mol.